The first-order valence-electron chi connectivity index (χ1n) is 8.28. The van der Waals surface area contributed by atoms with E-state index in [4.69, 9.17) is 11.6 Å². The Morgan fingerprint density at radius 2 is 1.81 bits per heavy atom. The van der Waals surface area contributed by atoms with Crippen molar-refractivity contribution in [2.75, 3.05) is 5.32 Å². The van der Waals surface area contributed by atoms with Gasteiger partial charge in [0.05, 0.1) is 22.0 Å². The van der Waals surface area contributed by atoms with Crippen LogP contribution in [-0.2, 0) is 5.41 Å². The summed E-state index contributed by atoms with van der Waals surface area (Å²) in [7, 11) is 0. The molecule has 27 heavy (non-hydrogen) atoms. The first-order chi connectivity index (χ1) is 12.7. The molecule has 0 saturated heterocycles. The summed E-state index contributed by atoms with van der Waals surface area (Å²) in [6.45, 7) is 5.95. The monoisotopic (exact) mass is 389 g/mol. The summed E-state index contributed by atoms with van der Waals surface area (Å²) in [6.07, 6.45) is 0. The van der Waals surface area contributed by atoms with Crippen molar-refractivity contribution in [1.29, 1.82) is 0 Å². The summed E-state index contributed by atoms with van der Waals surface area (Å²) in [5, 5.41) is 7.65. The first-order valence-corrected chi connectivity index (χ1v) is 8.66. The zero-order chi connectivity index (χ0) is 19.8. The number of nitrogens with one attached hydrogen (secondary N) is 1. The summed E-state index contributed by atoms with van der Waals surface area (Å²) >= 11 is 6.28. The molecule has 1 N–H and O–H groups in total. The summed E-state index contributed by atoms with van der Waals surface area (Å²) in [5.74, 6) is -2.06. The molecule has 0 bridgehead atoms. The van der Waals surface area contributed by atoms with Crippen molar-refractivity contribution in [3.63, 3.8) is 0 Å². The van der Waals surface area contributed by atoms with Gasteiger partial charge in [0.2, 0.25) is 0 Å². The van der Waals surface area contributed by atoms with E-state index in [1.54, 1.807) is 30.3 Å². The number of anilines is 1. The molecule has 0 fully saturated rings. The average molecular weight is 390 g/mol. The van der Waals surface area contributed by atoms with Crippen LogP contribution in [0.1, 0.15) is 36.8 Å². The number of hydrogen-bond donors (Lipinski definition) is 1. The van der Waals surface area contributed by atoms with Gasteiger partial charge in [-0.05, 0) is 24.3 Å². The molecule has 0 aliphatic rings. The molecule has 1 aromatic heterocycles. The summed E-state index contributed by atoms with van der Waals surface area (Å²) in [6, 6.07) is 11.6. The van der Waals surface area contributed by atoms with Gasteiger partial charge in [-0.25, -0.2) is 13.5 Å². The predicted molar refractivity (Wildman–Crippen MR) is 102 cm³/mol. The molecule has 0 aliphatic heterocycles. The number of aromatic nitrogens is 2. The van der Waals surface area contributed by atoms with Crippen LogP contribution in [0.4, 0.5) is 14.6 Å². The molecule has 0 saturated carbocycles. The minimum atomic E-state index is -0.938. The number of amides is 1. The Hall–Kier alpha value is -2.73. The highest BCUT2D eigenvalue weighted by Crippen LogP contribution is 2.29. The van der Waals surface area contributed by atoms with E-state index in [1.807, 2.05) is 20.8 Å². The SMILES string of the molecule is CC(C)(C)c1cc(NC(=O)c2ccc(F)cc2F)n(-c2ccccc2Cl)n1. The van der Waals surface area contributed by atoms with Gasteiger partial charge in [0.15, 0.2) is 0 Å². The highest BCUT2D eigenvalue weighted by molar-refractivity contribution is 6.32. The largest absolute Gasteiger partial charge is 0.306 e. The second-order valence-corrected chi connectivity index (χ2v) is 7.51. The number of nitrogens with zero attached hydrogens (tertiary/aromatic N) is 2. The number of hydrogen-bond acceptors (Lipinski definition) is 2. The van der Waals surface area contributed by atoms with E-state index >= 15 is 0 Å². The van der Waals surface area contributed by atoms with Gasteiger partial charge in [-0.15, -0.1) is 0 Å². The predicted octanol–water partition coefficient (Wildman–Crippen LogP) is 5.35. The second kappa shape index (κ2) is 7.12. The van der Waals surface area contributed by atoms with Gasteiger partial charge >= 0.3 is 0 Å². The highest BCUT2D eigenvalue weighted by atomic mass is 35.5. The zero-order valence-corrected chi connectivity index (χ0v) is 15.8. The molecule has 0 unspecified atom stereocenters. The average Bonchev–Trinajstić information content (AvgIpc) is 2.99. The third-order valence-corrected chi connectivity index (χ3v) is 4.30. The van der Waals surface area contributed by atoms with Gasteiger partial charge in [-0.2, -0.15) is 5.10 Å². The normalized spacial score (nSPS) is 11.5. The molecule has 3 rings (SSSR count). The van der Waals surface area contributed by atoms with E-state index in [0.29, 0.717) is 22.6 Å². The highest BCUT2D eigenvalue weighted by Gasteiger charge is 2.23. The lowest BCUT2D eigenvalue weighted by molar-refractivity contribution is 0.102. The number of para-hydroxylation sites is 1. The molecular formula is C20H18ClF2N3O. The van der Waals surface area contributed by atoms with Crippen molar-refractivity contribution >= 4 is 23.3 Å². The third kappa shape index (κ3) is 4.01. The lowest BCUT2D eigenvalue weighted by Gasteiger charge is -2.14. The van der Waals surface area contributed by atoms with Crippen LogP contribution in [0.15, 0.2) is 48.5 Å². The molecule has 4 nitrogen and oxygen atoms in total. The number of carbonyl (C=O) groups is 1. The lowest BCUT2D eigenvalue weighted by atomic mass is 9.92. The Labute approximate surface area is 160 Å². The molecule has 1 heterocycles. The molecule has 0 aliphatic carbocycles. The van der Waals surface area contributed by atoms with Crippen LogP contribution in [0.5, 0.6) is 0 Å². The number of benzene rings is 2. The molecule has 3 aromatic rings. The minimum absolute atomic E-state index is 0.263. The molecule has 140 valence electrons. The van der Waals surface area contributed by atoms with Crippen molar-refractivity contribution in [2.24, 2.45) is 0 Å². The van der Waals surface area contributed by atoms with E-state index in [9.17, 15) is 13.6 Å². The standard InChI is InChI=1S/C20H18ClF2N3O/c1-20(2,3)17-11-18(26(25-17)16-7-5-4-6-14(16)21)24-19(27)13-9-8-12(22)10-15(13)23/h4-11H,1-3H3,(H,24,27). The maximum atomic E-state index is 13.9. The van der Waals surface area contributed by atoms with Gasteiger partial charge in [0, 0.05) is 17.5 Å². The molecule has 1 amide bonds. The van der Waals surface area contributed by atoms with Crippen LogP contribution in [0, 0.1) is 11.6 Å². The van der Waals surface area contributed by atoms with Crippen LogP contribution in [-0.4, -0.2) is 15.7 Å². The van der Waals surface area contributed by atoms with Crippen LogP contribution < -0.4 is 5.32 Å². The van der Waals surface area contributed by atoms with E-state index in [-0.39, 0.29) is 11.0 Å². The molecule has 0 atom stereocenters. The van der Waals surface area contributed by atoms with Crippen molar-refractivity contribution in [2.45, 2.75) is 26.2 Å². The topological polar surface area (TPSA) is 46.9 Å². The van der Waals surface area contributed by atoms with Gasteiger partial charge in [0.1, 0.15) is 17.5 Å². The Balaban J connectivity index is 2.05. The summed E-state index contributed by atoms with van der Waals surface area (Å²) in [4.78, 5) is 12.5. The van der Waals surface area contributed by atoms with Crippen LogP contribution >= 0.6 is 11.6 Å². The van der Waals surface area contributed by atoms with E-state index in [0.717, 1.165) is 17.8 Å². The minimum Gasteiger partial charge on any atom is -0.306 e. The Bertz CT molecular complexity index is 1010. The number of carbonyl (C=O) groups excluding carboxylic acids is 1. The molecular weight excluding hydrogens is 372 g/mol. The smallest absolute Gasteiger partial charge is 0.259 e. The number of rotatable bonds is 3. The van der Waals surface area contributed by atoms with Crippen molar-refractivity contribution in [3.05, 3.63) is 76.4 Å². The maximum Gasteiger partial charge on any atom is 0.259 e. The van der Waals surface area contributed by atoms with Crippen LogP contribution in [0.25, 0.3) is 5.69 Å². The van der Waals surface area contributed by atoms with Crippen LogP contribution in [0.2, 0.25) is 5.02 Å². The lowest BCUT2D eigenvalue weighted by Crippen LogP contribution is -2.16. The van der Waals surface area contributed by atoms with Crippen molar-refractivity contribution < 1.29 is 13.6 Å². The third-order valence-electron chi connectivity index (χ3n) is 3.98. The van der Waals surface area contributed by atoms with Crippen LogP contribution in [0.3, 0.4) is 0 Å². The summed E-state index contributed by atoms with van der Waals surface area (Å²) < 4.78 is 28.5. The van der Waals surface area contributed by atoms with E-state index < -0.39 is 17.5 Å². The fourth-order valence-electron chi connectivity index (χ4n) is 2.50. The molecule has 0 radical (unpaired) electrons. The fraction of sp³-hybridized carbons (Fsp3) is 0.200. The Morgan fingerprint density at radius 1 is 1.11 bits per heavy atom. The van der Waals surface area contributed by atoms with E-state index in [2.05, 4.69) is 10.4 Å². The quantitative estimate of drug-likeness (QED) is 0.656. The molecule has 0 spiro atoms. The van der Waals surface area contributed by atoms with Crippen molar-refractivity contribution in [1.82, 2.24) is 9.78 Å². The van der Waals surface area contributed by atoms with E-state index in [1.165, 1.54) is 4.68 Å². The summed E-state index contributed by atoms with van der Waals surface area (Å²) in [5.41, 5.74) is 0.745. The van der Waals surface area contributed by atoms with Gasteiger partial charge in [-0.1, -0.05) is 44.5 Å². The van der Waals surface area contributed by atoms with Gasteiger partial charge in [-0.3, -0.25) is 4.79 Å². The maximum absolute atomic E-state index is 13.9. The van der Waals surface area contributed by atoms with Gasteiger partial charge < -0.3 is 5.32 Å². The zero-order valence-electron chi connectivity index (χ0n) is 15.1. The Kier molecular flexibility index (Phi) is 5.02. The fourth-order valence-corrected chi connectivity index (χ4v) is 2.72. The molecule has 2 aromatic carbocycles. The number of halogens is 3. The van der Waals surface area contributed by atoms with Crippen molar-refractivity contribution in [3.8, 4) is 5.69 Å². The Morgan fingerprint density at radius 3 is 2.44 bits per heavy atom. The van der Waals surface area contributed by atoms with Gasteiger partial charge in [0.25, 0.3) is 5.91 Å². The molecule has 7 heteroatoms. The second-order valence-electron chi connectivity index (χ2n) is 7.11. The first kappa shape index (κ1) is 19.0.